The van der Waals surface area contributed by atoms with Crippen LogP contribution in [0.5, 0.6) is 0 Å². The molecule has 0 saturated carbocycles. The molecule has 9 atom stereocenters. The lowest BCUT2D eigenvalue weighted by atomic mass is 9.86. The molecule has 0 unspecified atom stereocenters. The van der Waals surface area contributed by atoms with E-state index in [1.165, 1.54) is 6.08 Å². The van der Waals surface area contributed by atoms with Crippen LogP contribution in [0.25, 0.3) is 0 Å². The van der Waals surface area contributed by atoms with Gasteiger partial charge in [-0.1, -0.05) is 6.08 Å². The molecule has 2 rings (SSSR count). The Bertz CT molecular complexity index is 432. The second-order valence-corrected chi connectivity index (χ2v) is 5.77. The fourth-order valence-electron chi connectivity index (χ4n) is 2.87. The normalized spacial score (nSPS) is 48.2. The summed E-state index contributed by atoms with van der Waals surface area (Å²) in [6.45, 7) is -1.12. The van der Waals surface area contributed by atoms with Crippen molar-refractivity contribution in [2.24, 2.45) is 0 Å². The summed E-state index contributed by atoms with van der Waals surface area (Å²) in [6, 6.07) is -2.06. The first kappa shape index (κ1) is 18.7. The third-order valence-electron chi connectivity index (χ3n) is 4.29. The van der Waals surface area contributed by atoms with E-state index in [4.69, 9.17) is 4.74 Å². The summed E-state index contributed by atoms with van der Waals surface area (Å²) in [6.07, 6.45) is -9.06. The van der Waals surface area contributed by atoms with Gasteiger partial charge in [-0.25, -0.2) is 0 Å². The van der Waals surface area contributed by atoms with Crippen molar-refractivity contribution in [2.45, 2.75) is 55.0 Å². The second-order valence-electron chi connectivity index (χ2n) is 5.77. The molecule has 9 N–H and O–H groups in total. The molecule has 0 radical (unpaired) electrons. The van der Waals surface area contributed by atoms with Gasteiger partial charge >= 0.3 is 0 Å². The van der Waals surface area contributed by atoms with Crippen molar-refractivity contribution in [3.8, 4) is 0 Å². The second kappa shape index (κ2) is 7.49. The molecule has 1 aliphatic carbocycles. The van der Waals surface area contributed by atoms with E-state index in [0.29, 0.717) is 0 Å². The van der Waals surface area contributed by atoms with E-state index >= 15 is 0 Å². The Balaban J connectivity index is 2.19. The summed E-state index contributed by atoms with van der Waals surface area (Å²) in [4.78, 5) is 0. The monoisotopic (exact) mass is 337 g/mol. The molecule has 0 aromatic heterocycles. The Kier molecular flexibility index (Phi) is 6.08. The van der Waals surface area contributed by atoms with Gasteiger partial charge in [-0.05, 0) is 5.57 Å². The number of aliphatic hydroxyl groups excluding tert-OH is 8. The number of aliphatic hydroxyl groups is 8. The zero-order valence-electron chi connectivity index (χ0n) is 12.2. The molecule has 10 heteroatoms. The summed E-state index contributed by atoms with van der Waals surface area (Å²) < 4.78 is 4.98. The maximum Gasteiger partial charge on any atom is 0.183 e. The molecule has 23 heavy (non-hydrogen) atoms. The molecule has 1 aliphatic heterocycles. The van der Waals surface area contributed by atoms with Crippen molar-refractivity contribution in [3.05, 3.63) is 11.6 Å². The minimum Gasteiger partial charge on any atom is -0.394 e. The van der Waals surface area contributed by atoms with Crippen LogP contribution in [0.2, 0.25) is 0 Å². The van der Waals surface area contributed by atoms with E-state index < -0.39 is 68.2 Å². The molecule has 134 valence electrons. The first-order valence-electron chi connectivity index (χ1n) is 7.24. The van der Waals surface area contributed by atoms with E-state index in [2.05, 4.69) is 5.32 Å². The molecule has 1 heterocycles. The Morgan fingerprint density at radius 3 is 2.13 bits per heavy atom. The Labute approximate surface area is 131 Å². The van der Waals surface area contributed by atoms with Gasteiger partial charge in [-0.3, -0.25) is 0 Å². The van der Waals surface area contributed by atoms with Gasteiger partial charge in [0.15, 0.2) is 6.29 Å². The highest BCUT2D eigenvalue weighted by atomic mass is 16.6. The highest BCUT2D eigenvalue weighted by molar-refractivity contribution is 5.22. The van der Waals surface area contributed by atoms with Crippen LogP contribution >= 0.6 is 0 Å². The topological polar surface area (TPSA) is 183 Å². The lowest BCUT2D eigenvalue weighted by Gasteiger charge is -2.44. The van der Waals surface area contributed by atoms with Gasteiger partial charge in [0.2, 0.25) is 0 Å². The van der Waals surface area contributed by atoms with Crippen molar-refractivity contribution in [1.29, 1.82) is 0 Å². The van der Waals surface area contributed by atoms with Gasteiger partial charge in [-0.2, -0.15) is 0 Å². The van der Waals surface area contributed by atoms with Gasteiger partial charge in [-0.15, -0.1) is 0 Å². The molecule has 0 amide bonds. The average Bonchev–Trinajstić information content (AvgIpc) is 2.55. The lowest BCUT2D eigenvalue weighted by molar-refractivity contribution is -0.263. The van der Waals surface area contributed by atoms with E-state index in [-0.39, 0.29) is 5.57 Å². The molecule has 1 saturated heterocycles. The first-order valence-corrected chi connectivity index (χ1v) is 7.24. The third-order valence-corrected chi connectivity index (χ3v) is 4.29. The van der Waals surface area contributed by atoms with Crippen LogP contribution in [0.4, 0.5) is 0 Å². The zero-order chi connectivity index (χ0) is 17.3. The Morgan fingerprint density at radius 1 is 0.913 bits per heavy atom. The van der Waals surface area contributed by atoms with Crippen LogP contribution in [0.1, 0.15) is 0 Å². The van der Waals surface area contributed by atoms with Crippen LogP contribution < -0.4 is 5.32 Å². The molecule has 0 bridgehead atoms. The predicted molar refractivity (Wildman–Crippen MR) is 73.9 cm³/mol. The van der Waals surface area contributed by atoms with Crippen molar-refractivity contribution >= 4 is 0 Å². The highest BCUT2D eigenvalue weighted by Crippen LogP contribution is 2.24. The fourth-order valence-corrected chi connectivity index (χ4v) is 2.87. The zero-order valence-corrected chi connectivity index (χ0v) is 12.2. The minimum atomic E-state index is -1.67. The van der Waals surface area contributed by atoms with E-state index in [1.54, 1.807) is 0 Å². The van der Waals surface area contributed by atoms with Gasteiger partial charge in [0.05, 0.1) is 25.3 Å². The van der Waals surface area contributed by atoms with Crippen molar-refractivity contribution in [3.63, 3.8) is 0 Å². The largest absolute Gasteiger partial charge is 0.394 e. The van der Waals surface area contributed by atoms with Gasteiger partial charge < -0.3 is 50.9 Å². The minimum absolute atomic E-state index is 0.0765. The quantitative estimate of drug-likeness (QED) is 0.225. The van der Waals surface area contributed by atoms with Crippen molar-refractivity contribution in [2.75, 3.05) is 13.2 Å². The van der Waals surface area contributed by atoms with E-state index in [1.807, 2.05) is 0 Å². The van der Waals surface area contributed by atoms with E-state index in [0.717, 1.165) is 0 Å². The molecule has 10 nitrogen and oxygen atoms in total. The van der Waals surface area contributed by atoms with Crippen LogP contribution in [0.3, 0.4) is 0 Å². The van der Waals surface area contributed by atoms with Crippen molar-refractivity contribution < 1.29 is 45.6 Å². The number of rotatable bonds is 4. The first-order chi connectivity index (χ1) is 10.8. The summed E-state index contributed by atoms with van der Waals surface area (Å²) in [5.41, 5.74) is 0.0765. The van der Waals surface area contributed by atoms with Gasteiger partial charge in [0.25, 0.3) is 0 Å². The molecule has 0 aromatic rings. The Morgan fingerprint density at radius 2 is 1.57 bits per heavy atom. The standard InChI is InChI=1S/C13H23NO9/c15-2-4-1-5(9(18)11(20)8(4)17)14-7-6(3-16)23-13(22)12(21)10(7)19/h1,5-22H,2-3H2/t5-,6+,7+,8+,9-,10-,11-,12+,13-/m0/s1. The smallest absolute Gasteiger partial charge is 0.183 e. The fraction of sp³-hybridized carbons (Fsp3) is 0.846. The summed E-state index contributed by atoms with van der Waals surface area (Å²) in [5.74, 6) is 0. The molecule has 0 spiro atoms. The predicted octanol–water partition coefficient (Wildman–Crippen LogP) is -5.24. The molecular weight excluding hydrogens is 314 g/mol. The van der Waals surface area contributed by atoms with Crippen LogP contribution in [0.15, 0.2) is 11.6 Å². The summed E-state index contributed by atoms with van der Waals surface area (Å²) in [5, 5.41) is 79.9. The number of nitrogens with one attached hydrogen (secondary N) is 1. The van der Waals surface area contributed by atoms with Crippen LogP contribution in [-0.2, 0) is 4.74 Å². The maximum atomic E-state index is 10.0. The van der Waals surface area contributed by atoms with E-state index in [9.17, 15) is 40.9 Å². The van der Waals surface area contributed by atoms with Crippen LogP contribution in [-0.4, -0.2) is 109 Å². The molecule has 0 aromatic carbocycles. The SMILES string of the molecule is OCC1=C[C@H](N[C@H]2[C@H](O)[C@@H](O)[C@@H](O)O[C@@H]2CO)[C@H](O)[C@@H](O)[C@@H]1O. The van der Waals surface area contributed by atoms with Gasteiger partial charge in [0.1, 0.15) is 36.6 Å². The number of hydrogen-bond acceptors (Lipinski definition) is 10. The maximum absolute atomic E-state index is 10.0. The summed E-state index contributed by atoms with van der Waals surface area (Å²) >= 11 is 0. The summed E-state index contributed by atoms with van der Waals surface area (Å²) in [7, 11) is 0. The number of hydrogen-bond donors (Lipinski definition) is 9. The molecule has 1 fully saturated rings. The number of ether oxygens (including phenoxy) is 1. The van der Waals surface area contributed by atoms with Crippen LogP contribution in [0, 0.1) is 0 Å². The van der Waals surface area contributed by atoms with Crippen molar-refractivity contribution in [1.82, 2.24) is 5.32 Å². The molecular formula is C13H23NO9. The lowest BCUT2D eigenvalue weighted by Crippen LogP contribution is -2.67. The Hall–Kier alpha value is -0.660. The average molecular weight is 337 g/mol. The third kappa shape index (κ3) is 3.56. The highest BCUT2D eigenvalue weighted by Gasteiger charge is 2.46. The van der Waals surface area contributed by atoms with Gasteiger partial charge in [0, 0.05) is 0 Å². The molecule has 2 aliphatic rings.